The van der Waals surface area contributed by atoms with E-state index >= 15 is 0 Å². The second-order valence-corrected chi connectivity index (χ2v) is 10.5. The van der Waals surface area contributed by atoms with Gasteiger partial charge in [0.2, 0.25) is 17.7 Å². The summed E-state index contributed by atoms with van der Waals surface area (Å²) in [5.41, 5.74) is 2.78. The maximum atomic E-state index is 11.9. The van der Waals surface area contributed by atoms with Crippen molar-refractivity contribution in [2.24, 2.45) is 0 Å². The Hall–Kier alpha value is -3.78. The van der Waals surface area contributed by atoms with Crippen LogP contribution in [0.2, 0.25) is 5.02 Å². The summed E-state index contributed by atoms with van der Waals surface area (Å²) in [5, 5.41) is 12.7. The van der Waals surface area contributed by atoms with Crippen LogP contribution in [0.4, 0.5) is 11.8 Å². The SMILES string of the molecule is CC(=O)N1CCN(c2nc(N(Cc3ccccc3)Cc3ccc(Cl)cc3)c3cn(C(C)C)c(O)c3n2)CC1. The summed E-state index contributed by atoms with van der Waals surface area (Å²) in [6.45, 7) is 9.38. The van der Waals surface area contributed by atoms with Crippen molar-refractivity contribution in [3.8, 4) is 5.88 Å². The maximum Gasteiger partial charge on any atom is 0.228 e. The summed E-state index contributed by atoms with van der Waals surface area (Å²) in [6, 6.07) is 18.2. The van der Waals surface area contributed by atoms with Crippen LogP contribution in [0, 0.1) is 0 Å². The number of hydrogen-bond donors (Lipinski definition) is 1. The van der Waals surface area contributed by atoms with Crippen molar-refractivity contribution >= 4 is 40.2 Å². The number of amides is 1. The molecule has 9 heteroatoms. The fourth-order valence-electron chi connectivity index (χ4n) is 4.88. The first-order valence-corrected chi connectivity index (χ1v) is 13.3. The molecule has 1 aliphatic heterocycles. The number of hydrogen-bond acceptors (Lipinski definition) is 6. The molecule has 1 saturated heterocycles. The van der Waals surface area contributed by atoms with Gasteiger partial charge in [-0.15, -0.1) is 0 Å². The molecule has 4 aromatic rings. The smallest absolute Gasteiger partial charge is 0.228 e. The number of fused-ring (bicyclic) bond motifs is 1. The average Bonchev–Trinajstić information content (AvgIpc) is 3.26. The zero-order chi connectivity index (χ0) is 26.8. The molecule has 0 spiro atoms. The van der Waals surface area contributed by atoms with E-state index in [0.29, 0.717) is 55.8 Å². The number of nitrogens with zero attached hydrogens (tertiary/aromatic N) is 6. The second-order valence-electron chi connectivity index (χ2n) is 10.0. The van der Waals surface area contributed by atoms with E-state index in [1.165, 1.54) is 0 Å². The van der Waals surface area contributed by atoms with Crippen LogP contribution in [0.5, 0.6) is 5.88 Å². The number of carbonyl (C=O) groups excluding carboxylic acids is 1. The molecule has 3 heterocycles. The molecule has 0 radical (unpaired) electrons. The van der Waals surface area contributed by atoms with E-state index in [2.05, 4.69) is 21.9 Å². The monoisotopic (exact) mass is 532 g/mol. The van der Waals surface area contributed by atoms with Crippen molar-refractivity contribution in [2.45, 2.75) is 39.9 Å². The Bertz CT molecular complexity index is 1410. The number of benzene rings is 2. The minimum Gasteiger partial charge on any atom is -0.493 e. The lowest BCUT2D eigenvalue weighted by atomic mass is 10.1. The lowest BCUT2D eigenvalue weighted by Crippen LogP contribution is -2.48. The molecule has 38 heavy (non-hydrogen) atoms. The number of carbonyl (C=O) groups is 1. The molecule has 8 nitrogen and oxygen atoms in total. The standard InChI is InChI=1S/C29H33ClN6O2/c1-20(2)36-19-25-26(28(36)38)31-29(34-15-13-33(14-16-34)21(3)37)32-27(25)35(17-22-7-5-4-6-8-22)18-23-9-11-24(30)12-10-23/h4-12,19-20,38H,13-18H2,1-3H3. The topological polar surface area (TPSA) is 77.7 Å². The highest BCUT2D eigenvalue weighted by molar-refractivity contribution is 6.30. The zero-order valence-electron chi connectivity index (χ0n) is 22.0. The molecular weight excluding hydrogens is 500 g/mol. The number of halogens is 1. The molecule has 1 aliphatic rings. The van der Waals surface area contributed by atoms with Crippen molar-refractivity contribution in [1.82, 2.24) is 19.4 Å². The van der Waals surface area contributed by atoms with Crippen LogP contribution in [-0.2, 0) is 17.9 Å². The van der Waals surface area contributed by atoms with Crippen LogP contribution >= 0.6 is 11.6 Å². The zero-order valence-corrected chi connectivity index (χ0v) is 22.8. The molecule has 1 N–H and O–H groups in total. The first-order chi connectivity index (χ1) is 18.3. The van der Waals surface area contributed by atoms with Gasteiger partial charge in [0.05, 0.1) is 5.39 Å². The molecule has 0 bridgehead atoms. The molecule has 1 amide bonds. The summed E-state index contributed by atoms with van der Waals surface area (Å²) in [7, 11) is 0. The molecule has 0 atom stereocenters. The molecule has 1 fully saturated rings. The Balaban J connectivity index is 1.62. The van der Waals surface area contributed by atoms with Crippen LogP contribution in [0.15, 0.2) is 60.8 Å². The molecule has 5 rings (SSSR count). The third-order valence-electron chi connectivity index (χ3n) is 7.00. The lowest BCUT2D eigenvalue weighted by Gasteiger charge is -2.34. The van der Waals surface area contributed by atoms with E-state index in [1.54, 1.807) is 6.92 Å². The van der Waals surface area contributed by atoms with E-state index in [9.17, 15) is 9.90 Å². The van der Waals surface area contributed by atoms with Gasteiger partial charge in [-0.05, 0) is 37.1 Å². The largest absolute Gasteiger partial charge is 0.493 e. The van der Waals surface area contributed by atoms with Crippen LogP contribution in [-0.4, -0.2) is 56.6 Å². The van der Waals surface area contributed by atoms with Crippen LogP contribution < -0.4 is 9.80 Å². The molecule has 0 aliphatic carbocycles. The van der Waals surface area contributed by atoms with Crippen molar-refractivity contribution in [3.05, 3.63) is 76.9 Å². The second kappa shape index (κ2) is 10.9. The van der Waals surface area contributed by atoms with Gasteiger partial charge in [-0.25, -0.2) is 4.98 Å². The summed E-state index contributed by atoms with van der Waals surface area (Å²) in [6.07, 6.45) is 1.95. The third kappa shape index (κ3) is 5.41. The van der Waals surface area contributed by atoms with Crippen molar-refractivity contribution in [3.63, 3.8) is 0 Å². The summed E-state index contributed by atoms with van der Waals surface area (Å²) in [4.78, 5) is 28.0. The number of piperazine rings is 1. The Morgan fingerprint density at radius 3 is 2.21 bits per heavy atom. The number of aromatic hydroxyl groups is 1. The quantitative estimate of drug-likeness (QED) is 0.350. The van der Waals surface area contributed by atoms with Gasteiger partial charge in [-0.3, -0.25) is 4.79 Å². The predicted molar refractivity (Wildman–Crippen MR) is 152 cm³/mol. The highest BCUT2D eigenvalue weighted by atomic mass is 35.5. The van der Waals surface area contributed by atoms with Gasteiger partial charge in [0.15, 0.2) is 0 Å². The van der Waals surface area contributed by atoms with E-state index in [4.69, 9.17) is 21.6 Å². The Morgan fingerprint density at radius 1 is 0.974 bits per heavy atom. The lowest BCUT2D eigenvalue weighted by molar-refractivity contribution is -0.129. The van der Waals surface area contributed by atoms with Gasteiger partial charge in [0.25, 0.3) is 0 Å². The molecule has 2 aromatic carbocycles. The van der Waals surface area contributed by atoms with Crippen molar-refractivity contribution in [1.29, 1.82) is 0 Å². The van der Waals surface area contributed by atoms with Gasteiger partial charge in [0, 0.05) is 63.5 Å². The highest BCUT2D eigenvalue weighted by Crippen LogP contribution is 2.36. The first-order valence-electron chi connectivity index (χ1n) is 13.0. The van der Waals surface area contributed by atoms with Gasteiger partial charge >= 0.3 is 0 Å². The number of aromatic nitrogens is 3. The first kappa shape index (κ1) is 25.9. The molecule has 198 valence electrons. The van der Waals surface area contributed by atoms with Gasteiger partial charge in [-0.1, -0.05) is 54.1 Å². The molecule has 0 saturated carbocycles. The minimum absolute atomic E-state index is 0.0541. The van der Waals surface area contributed by atoms with Gasteiger partial charge in [0.1, 0.15) is 11.3 Å². The molecule has 0 unspecified atom stereocenters. The fraction of sp³-hybridized carbons (Fsp3) is 0.345. The number of anilines is 2. The Kier molecular flexibility index (Phi) is 7.42. The average molecular weight is 533 g/mol. The third-order valence-corrected chi connectivity index (χ3v) is 7.26. The van der Waals surface area contributed by atoms with E-state index in [1.807, 2.05) is 72.0 Å². The highest BCUT2D eigenvalue weighted by Gasteiger charge is 2.26. The van der Waals surface area contributed by atoms with Gasteiger partial charge in [-0.2, -0.15) is 4.98 Å². The van der Waals surface area contributed by atoms with Crippen molar-refractivity contribution in [2.75, 3.05) is 36.0 Å². The fourth-order valence-corrected chi connectivity index (χ4v) is 5.00. The summed E-state index contributed by atoms with van der Waals surface area (Å²) in [5.74, 6) is 1.52. The van der Waals surface area contributed by atoms with Gasteiger partial charge < -0.3 is 24.4 Å². The molecular formula is C29H33ClN6O2. The minimum atomic E-state index is 0.0541. The molecule has 2 aromatic heterocycles. The Morgan fingerprint density at radius 2 is 1.61 bits per heavy atom. The van der Waals surface area contributed by atoms with Crippen molar-refractivity contribution < 1.29 is 9.90 Å². The van der Waals surface area contributed by atoms with E-state index in [-0.39, 0.29) is 17.8 Å². The number of rotatable bonds is 7. The Labute approximate surface area is 228 Å². The summed E-state index contributed by atoms with van der Waals surface area (Å²) >= 11 is 6.16. The van der Waals surface area contributed by atoms with Crippen LogP contribution in [0.25, 0.3) is 10.9 Å². The van der Waals surface area contributed by atoms with E-state index in [0.717, 1.165) is 22.3 Å². The normalized spacial score (nSPS) is 13.9. The van der Waals surface area contributed by atoms with Crippen LogP contribution in [0.1, 0.15) is 37.9 Å². The van der Waals surface area contributed by atoms with Crippen LogP contribution in [0.3, 0.4) is 0 Å². The van der Waals surface area contributed by atoms with E-state index < -0.39 is 0 Å². The maximum absolute atomic E-state index is 11.9. The predicted octanol–water partition coefficient (Wildman–Crippen LogP) is 5.25. The summed E-state index contributed by atoms with van der Waals surface area (Å²) < 4.78 is 1.84.